The molecule has 2 rings (SSSR count). The Morgan fingerprint density at radius 3 is 2.87 bits per heavy atom. The van der Waals surface area contributed by atoms with Crippen LogP contribution in [-0.2, 0) is 6.42 Å². The second-order valence-corrected chi connectivity index (χ2v) is 4.63. The number of hydrogen-bond donors (Lipinski definition) is 1. The summed E-state index contributed by atoms with van der Waals surface area (Å²) in [6.45, 7) is 2.17. The maximum atomic E-state index is 10.6. The van der Waals surface area contributed by atoms with Crippen molar-refractivity contribution in [1.82, 2.24) is 4.98 Å². The van der Waals surface area contributed by atoms with Crippen LogP contribution in [0, 0.1) is 5.92 Å². The second kappa shape index (κ2) is 4.31. The van der Waals surface area contributed by atoms with Gasteiger partial charge in [0, 0.05) is 18.8 Å². The molecular formula is C13H19NO. The number of aliphatic hydroxyl groups is 1. The van der Waals surface area contributed by atoms with E-state index < -0.39 is 5.60 Å². The summed E-state index contributed by atoms with van der Waals surface area (Å²) in [6.07, 6.45) is 8.77. The highest BCUT2D eigenvalue weighted by Crippen LogP contribution is 2.39. The van der Waals surface area contributed by atoms with Crippen LogP contribution in [0.2, 0.25) is 0 Å². The van der Waals surface area contributed by atoms with Crippen molar-refractivity contribution in [2.45, 2.75) is 44.6 Å². The van der Waals surface area contributed by atoms with Gasteiger partial charge in [-0.25, -0.2) is 0 Å². The van der Waals surface area contributed by atoms with E-state index in [9.17, 15) is 5.11 Å². The molecule has 1 aromatic rings. The van der Waals surface area contributed by atoms with Crippen molar-refractivity contribution >= 4 is 0 Å². The average molecular weight is 205 g/mol. The Labute approximate surface area is 91.4 Å². The Hall–Kier alpha value is -0.890. The molecule has 1 aliphatic carbocycles. The lowest BCUT2D eigenvalue weighted by Crippen LogP contribution is -2.35. The minimum atomic E-state index is -0.462. The zero-order chi connectivity index (χ0) is 10.7. The molecule has 1 saturated carbocycles. The lowest BCUT2D eigenvalue weighted by molar-refractivity contribution is 0.00146. The van der Waals surface area contributed by atoms with Crippen LogP contribution < -0.4 is 0 Å². The normalized spacial score (nSPS) is 30.7. The first-order valence-corrected chi connectivity index (χ1v) is 5.86. The minimum absolute atomic E-state index is 0.462. The summed E-state index contributed by atoms with van der Waals surface area (Å²) in [7, 11) is 0. The van der Waals surface area contributed by atoms with Gasteiger partial charge in [0.15, 0.2) is 0 Å². The van der Waals surface area contributed by atoms with Gasteiger partial charge in [-0.3, -0.25) is 4.98 Å². The summed E-state index contributed by atoms with van der Waals surface area (Å²) in [5.74, 6) is 0.477. The Kier molecular flexibility index (Phi) is 3.06. The van der Waals surface area contributed by atoms with Crippen LogP contribution in [0.1, 0.15) is 38.2 Å². The topological polar surface area (TPSA) is 33.1 Å². The smallest absolute Gasteiger partial charge is 0.0715 e. The molecule has 82 valence electrons. The Bertz CT molecular complexity index is 312. The number of pyridine rings is 1. The van der Waals surface area contributed by atoms with Crippen LogP contribution in [-0.4, -0.2) is 15.7 Å². The van der Waals surface area contributed by atoms with Crippen molar-refractivity contribution in [2.75, 3.05) is 0 Å². The third-order valence-corrected chi connectivity index (χ3v) is 3.67. The molecule has 2 atom stereocenters. The van der Waals surface area contributed by atoms with Gasteiger partial charge < -0.3 is 5.11 Å². The fourth-order valence-corrected chi connectivity index (χ4v) is 2.80. The lowest BCUT2D eigenvalue weighted by atomic mass is 9.83. The second-order valence-electron chi connectivity index (χ2n) is 4.63. The van der Waals surface area contributed by atoms with Gasteiger partial charge in [0.05, 0.1) is 5.60 Å². The quantitative estimate of drug-likeness (QED) is 0.822. The van der Waals surface area contributed by atoms with Gasteiger partial charge in [0.1, 0.15) is 0 Å². The number of aromatic nitrogens is 1. The summed E-state index contributed by atoms with van der Waals surface area (Å²) in [5, 5.41) is 10.6. The monoisotopic (exact) mass is 205 g/mol. The SMILES string of the molecule is CCC1CCCC1(O)Cc1ccncc1. The number of rotatable bonds is 3. The van der Waals surface area contributed by atoms with Crippen molar-refractivity contribution in [3.63, 3.8) is 0 Å². The van der Waals surface area contributed by atoms with E-state index in [1.807, 2.05) is 12.1 Å². The molecule has 0 amide bonds. The van der Waals surface area contributed by atoms with Crippen LogP contribution in [0.25, 0.3) is 0 Å². The predicted molar refractivity (Wildman–Crippen MR) is 60.5 cm³/mol. The van der Waals surface area contributed by atoms with Crippen molar-refractivity contribution in [1.29, 1.82) is 0 Å². The van der Waals surface area contributed by atoms with Gasteiger partial charge in [-0.2, -0.15) is 0 Å². The summed E-state index contributed by atoms with van der Waals surface area (Å²) in [4.78, 5) is 4.00. The first-order chi connectivity index (χ1) is 7.24. The Morgan fingerprint density at radius 1 is 1.47 bits per heavy atom. The third kappa shape index (κ3) is 2.20. The molecule has 0 saturated heterocycles. The molecule has 2 unspecified atom stereocenters. The highest BCUT2D eigenvalue weighted by molar-refractivity contribution is 5.14. The van der Waals surface area contributed by atoms with Crippen molar-refractivity contribution in [3.8, 4) is 0 Å². The van der Waals surface area contributed by atoms with E-state index in [4.69, 9.17) is 0 Å². The van der Waals surface area contributed by atoms with Crippen LogP contribution in [0.5, 0.6) is 0 Å². The zero-order valence-electron chi connectivity index (χ0n) is 9.32. The van der Waals surface area contributed by atoms with Crippen molar-refractivity contribution < 1.29 is 5.11 Å². The van der Waals surface area contributed by atoms with Gasteiger partial charge >= 0.3 is 0 Å². The highest BCUT2D eigenvalue weighted by Gasteiger charge is 2.39. The molecule has 1 N–H and O–H groups in total. The molecule has 1 heterocycles. The molecule has 1 aromatic heterocycles. The van der Waals surface area contributed by atoms with E-state index in [-0.39, 0.29) is 0 Å². The molecule has 15 heavy (non-hydrogen) atoms. The molecule has 0 aliphatic heterocycles. The standard InChI is InChI=1S/C13H19NO/c1-2-12-4-3-7-13(12,15)10-11-5-8-14-9-6-11/h5-6,8-9,12,15H,2-4,7,10H2,1H3. The van der Waals surface area contributed by atoms with E-state index in [0.29, 0.717) is 5.92 Å². The van der Waals surface area contributed by atoms with Crippen LogP contribution in [0.3, 0.4) is 0 Å². The number of nitrogens with zero attached hydrogens (tertiary/aromatic N) is 1. The van der Waals surface area contributed by atoms with Crippen LogP contribution >= 0.6 is 0 Å². The van der Waals surface area contributed by atoms with Crippen molar-refractivity contribution in [3.05, 3.63) is 30.1 Å². The molecule has 1 aliphatic rings. The van der Waals surface area contributed by atoms with E-state index in [0.717, 1.165) is 19.3 Å². The molecule has 0 radical (unpaired) electrons. The molecule has 2 heteroatoms. The van der Waals surface area contributed by atoms with Gasteiger partial charge in [-0.15, -0.1) is 0 Å². The summed E-state index contributed by atoms with van der Waals surface area (Å²) in [5.41, 5.74) is 0.740. The third-order valence-electron chi connectivity index (χ3n) is 3.67. The Morgan fingerprint density at radius 2 is 2.20 bits per heavy atom. The minimum Gasteiger partial charge on any atom is -0.389 e. The van der Waals surface area contributed by atoms with Gasteiger partial charge in [0.2, 0.25) is 0 Å². The molecule has 1 fully saturated rings. The summed E-state index contributed by atoms with van der Waals surface area (Å²) in [6, 6.07) is 4.01. The molecule has 0 aromatic carbocycles. The molecular weight excluding hydrogens is 186 g/mol. The lowest BCUT2D eigenvalue weighted by Gasteiger charge is -2.29. The summed E-state index contributed by atoms with van der Waals surface area (Å²) >= 11 is 0. The predicted octanol–water partition coefficient (Wildman–Crippen LogP) is 2.57. The fourth-order valence-electron chi connectivity index (χ4n) is 2.80. The number of hydrogen-bond acceptors (Lipinski definition) is 2. The molecule has 2 nitrogen and oxygen atoms in total. The van der Waals surface area contributed by atoms with Crippen LogP contribution in [0.15, 0.2) is 24.5 Å². The van der Waals surface area contributed by atoms with E-state index in [1.165, 1.54) is 18.4 Å². The first-order valence-electron chi connectivity index (χ1n) is 5.86. The highest BCUT2D eigenvalue weighted by atomic mass is 16.3. The molecule has 0 spiro atoms. The van der Waals surface area contributed by atoms with Gasteiger partial charge in [-0.1, -0.05) is 19.8 Å². The van der Waals surface area contributed by atoms with E-state index in [1.54, 1.807) is 12.4 Å². The van der Waals surface area contributed by atoms with Gasteiger partial charge in [-0.05, 0) is 36.5 Å². The maximum Gasteiger partial charge on any atom is 0.0715 e. The maximum absolute atomic E-state index is 10.6. The fraction of sp³-hybridized carbons (Fsp3) is 0.615. The van der Waals surface area contributed by atoms with Crippen molar-refractivity contribution in [2.24, 2.45) is 5.92 Å². The average Bonchev–Trinajstić information content (AvgIpc) is 2.60. The first kappa shape index (κ1) is 10.6. The van der Waals surface area contributed by atoms with E-state index >= 15 is 0 Å². The van der Waals surface area contributed by atoms with Gasteiger partial charge in [0.25, 0.3) is 0 Å². The summed E-state index contributed by atoms with van der Waals surface area (Å²) < 4.78 is 0. The van der Waals surface area contributed by atoms with Crippen LogP contribution in [0.4, 0.5) is 0 Å². The molecule has 0 bridgehead atoms. The van der Waals surface area contributed by atoms with E-state index in [2.05, 4.69) is 11.9 Å². The largest absolute Gasteiger partial charge is 0.389 e. The zero-order valence-corrected chi connectivity index (χ0v) is 9.32. The Balaban J connectivity index is 2.10.